The van der Waals surface area contributed by atoms with Gasteiger partial charge in [0.25, 0.3) is 0 Å². The molecule has 1 saturated heterocycles. The molecule has 23 heavy (non-hydrogen) atoms. The number of hydrogen-bond donors (Lipinski definition) is 0. The van der Waals surface area contributed by atoms with Crippen molar-refractivity contribution in [2.75, 3.05) is 20.2 Å². The van der Waals surface area contributed by atoms with Gasteiger partial charge in [0.05, 0.1) is 12.7 Å². The van der Waals surface area contributed by atoms with Gasteiger partial charge < -0.3 is 9.64 Å². The van der Waals surface area contributed by atoms with Crippen molar-refractivity contribution in [2.24, 2.45) is 0 Å². The van der Waals surface area contributed by atoms with E-state index in [-0.39, 0.29) is 5.91 Å². The first-order valence-electron chi connectivity index (χ1n) is 7.97. The highest BCUT2D eigenvalue weighted by Crippen LogP contribution is 2.36. The maximum Gasteiger partial charge on any atom is 0.222 e. The molecule has 0 saturated carbocycles. The molecular formula is C17H21N3O2S. The Morgan fingerprint density at radius 3 is 2.74 bits per heavy atom. The van der Waals surface area contributed by atoms with E-state index in [2.05, 4.69) is 10.2 Å². The van der Waals surface area contributed by atoms with Crippen molar-refractivity contribution < 1.29 is 9.53 Å². The van der Waals surface area contributed by atoms with Gasteiger partial charge in [-0.1, -0.05) is 30.4 Å². The molecule has 0 spiro atoms. The molecule has 1 fully saturated rings. The van der Waals surface area contributed by atoms with Crippen LogP contribution in [0.5, 0.6) is 5.75 Å². The summed E-state index contributed by atoms with van der Waals surface area (Å²) in [6, 6.07) is 7.87. The molecule has 0 bridgehead atoms. The minimum absolute atomic E-state index is 0.246. The molecule has 1 amide bonds. The van der Waals surface area contributed by atoms with Crippen LogP contribution in [0, 0.1) is 0 Å². The first-order chi connectivity index (χ1) is 11.2. The van der Waals surface area contributed by atoms with Crippen LogP contribution >= 0.6 is 11.3 Å². The number of para-hydroxylation sites is 1. The molecule has 1 aliphatic heterocycles. The summed E-state index contributed by atoms with van der Waals surface area (Å²) in [7, 11) is 1.67. The van der Waals surface area contributed by atoms with Gasteiger partial charge in [-0.3, -0.25) is 4.79 Å². The third kappa shape index (κ3) is 3.37. The van der Waals surface area contributed by atoms with E-state index in [0.717, 1.165) is 47.3 Å². The Bertz CT molecular complexity index is 678. The van der Waals surface area contributed by atoms with Crippen LogP contribution in [0.2, 0.25) is 0 Å². The fourth-order valence-electron chi connectivity index (χ4n) is 2.93. The van der Waals surface area contributed by atoms with Crippen LogP contribution in [-0.4, -0.2) is 41.2 Å². The largest absolute Gasteiger partial charge is 0.496 e. The van der Waals surface area contributed by atoms with Crippen molar-refractivity contribution in [3.63, 3.8) is 0 Å². The average molecular weight is 331 g/mol. The van der Waals surface area contributed by atoms with Gasteiger partial charge >= 0.3 is 0 Å². The number of ether oxygens (including phenoxy) is 1. The molecule has 1 aliphatic rings. The first-order valence-corrected chi connectivity index (χ1v) is 8.79. The number of nitrogens with zero attached hydrogens (tertiary/aromatic N) is 3. The number of likely N-dealkylation sites (tertiary alicyclic amines) is 1. The van der Waals surface area contributed by atoms with Crippen LogP contribution < -0.4 is 4.74 Å². The number of rotatable bonds is 4. The number of carbonyl (C=O) groups is 1. The lowest BCUT2D eigenvalue weighted by atomic mass is 9.97. The molecule has 1 aromatic carbocycles. The summed E-state index contributed by atoms with van der Waals surface area (Å²) in [5, 5.41) is 10.7. The van der Waals surface area contributed by atoms with Gasteiger partial charge in [0.15, 0.2) is 5.01 Å². The highest BCUT2D eigenvalue weighted by atomic mass is 32.1. The van der Waals surface area contributed by atoms with Crippen LogP contribution in [0.4, 0.5) is 0 Å². The van der Waals surface area contributed by atoms with Crippen molar-refractivity contribution in [3.05, 3.63) is 29.3 Å². The first kappa shape index (κ1) is 15.9. The standard InChI is InChI=1S/C17H21N3O2S/c1-3-15(21)20-10-8-12(9-11-20)16-18-19-17(23-16)13-6-4-5-7-14(13)22-2/h4-7,12H,3,8-11H2,1-2H3. The molecule has 2 heterocycles. The fraction of sp³-hybridized carbons (Fsp3) is 0.471. The van der Waals surface area contributed by atoms with E-state index < -0.39 is 0 Å². The number of carbonyl (C=O) groups excluding carboxylic acids is 1. The fourth-order valence-corrected chi connectivity index (χ4v) is 3.97. The monoisotopic (exact) mass is 331 g/mol. The van der Waals surface area contributed by atoms with Gasteiger partial charge in [0, 0.05) is 25.4 Å². The van der Waals surface area contributed by atoms with Gasteiger partial charge in [-0.2, -0.15) is 0 Å². The van der Waals surface area contributed by atoms with Crippen molar-refractivity contribution in [3.8, 4) is 16.3 Å². The molecule has 0 N–H and O–H groups in total. The van der Waals surface area contributed by atoms with Crippen molar-refractivity contribution in [1.29, 1.82) is 0 Å². The quantitative estimate of drug-likeness (QED) is 0.862. The topological polar surface area (TPSA) is 55.3 Å². The zero-order valence-electron chi connectivity index (χ0n) is 13.5. The molecule has 0 aliphatic carbocycles. The zero-order chi connectivity index (χ0) is 16.2. The minimum Gasteiger partial charge on any atom is -0.496 e. The Morgan fingerprint density at radius 2 is 2.04 bits per heavy atom. The van der Waals surface area contributed by atoms with Gasteiger partial charge in [-0.05, 0) is 25.0 Å². The summed E-state index contributed by atoms with van der Waals surface area (Å²) < 4.78 is 5.40. The predicted octanol–water partition coefficient (Wildman–Crippen LogP) is 3.33. The third-order valence-corrected chi connectivity index (χ3v) is 5.40. The van der Waals surface area contributed by atoms with Crippen LogP contribution in [0.3, 0.4) is 0 Å². The predicted molar refractivity (Wildman–Crippen MR) is 90.7 cm³/mol. The van der Waals surface area contributed by atoms with Gasteiger partial charge in [0.1, 0.15) is 10.8 Å². The van der Waals surface area contributed by atoms with Crippen molar-refractivity contribution in [1.82, 2.24) is 15.1 Å². The maximum absolute atomic E-state index is 11.8. The lowest BCUT2D eigenvalue weighted by molar-refractivity contribution is -0.131. The SMILES string of the molecule is CCC(=O)N1CCC(c2nnc(-c3ccccc3OC)s2)CC1. The van der Waals surface area contributed by atoms with E-state index in [4.69, 9.17) is 4.74 Å². The number of benzene rings is 1. The third-order valence-electron chi connectivity index (χ3n) is 4.28. The molecule has 1 aromatic heterocycles. The molecule has 3 rings (SSSR count). The molecule has 0 radical (unpaired) electrons. The summed E-state index contributed by atoms with van der Waals surface area (Å²) >= 11 is 1.63. The normalized spacial score (nSPS) is 15.7. The smallest absolute Gasteiger partial charge is 0.222 e. The Labute approximate surface area is 140 Å². The van der Waals surface area contributed by atoms with Crippen LogP contribution in [0.15, 0.2) is 24.3 Å². The number of piperidine rings is 1. The lowest BCUT2D eigenvalue weighted by Gasteiger charge is -2.30. The number of hydrogen-bond acceptors (Lipinski definition) is 5. The summed E-state index contributed by atoms with van der Waals surface area (Å²) in [6.07, 6.45) is 2.51. The molecule has 5 nitrogen and oxygen atoms in total. The maximum atomic E-state index is 11.8. The van der Waals surface area contributed by atoms with Gasteiger partial charge in [0.2, 0.25) is 5.91 Å². The summed E-state index contributed by atoms with van der Waals surface area (Å²) in [5.74, 6) is 1.46. The molecule has 0 unspecified atom stereocenters. The second kappa shape index (κ2) is 7.08. The van der Waals surface area contributed by atoms with E-state index in [1.165, 1.54) is 0 Å². The van der Waals surface area contributed by atoms with Crippen LogP contribution in [-0.2, 0) is 4.79 Å². The summed E-state index contributed by atoms with van der Waals surface area (Å²) in [4.78, 5) is 13.7. The van der Waals surface area contributed by atoms with Gasteiger partial charge in [-0.15, -0.1) is 10.2 Å². The Hall–Kier alpha value is -1.95. The number of aromatic nitrogens is 2. The number of methoxy groups -OCH3 is 1. The Balaban J connectivity index is 1.72. The zero-order valence-corrected chi connectivity index (χ0v) is 14.3. The summed E-state index contributed by atoms with van der Waals surface area (Å²) in [5.41, 5.74) is 0.984. The molecule has 122 valence electrons. The van der Waals surface area contributed by atoms with Crippen molar-refractivity contribution >= 4 is 17.2 Å². The van der Waals surface area contributed by atoms with Crippen LogP contribution in [0.25, 0.3) is 10.6 Å². The molecule has 0 atom stereocenters. The Morgan fingerprint density at radius 1 is 1.30 bits per heavy atom. The highest BCUT2D eigenvalue weighted by molar-refractivity contribution is 7.14. The minimum atomic E-state index is 0.246. The van der Waals surface area contributed by atoms with Crippen molar-refractivity contribution in [2.45, 2.75) is 32.1 Å². The lowest BCUT2D eigenvalue weighted by Crippen LogP contribution is -2.37. The molecular weight excluding hydrogens is 310 g/mol. The van der Waals surface area contributed by atoms with E-state index in [1.807, 2.05) is 36.1 Å². The van der Waals surface area contributed by atoms with E-state index in [9.17, 15) is 4.79 Å². The van der Waals surface area contributed by atoms with E-state index in [0.29, 0.717) is 12.3 Å². The highest BCUT2D eigenvalue weighted by Gasteiger charge is 2.26. The van der Waals surface area contributed by atoms with Crippen LogP contribution in [0.1, 0.15) is 37.1 Å². The second-order valence-corrected chi connectivity index (χ2v) is 6.66. The average Bonchev–Trinajstić information content (AvgIpc) is 3.11. The second-order valence-electron chi connectivity index (χ2n) is 5.65. The Kier molecular flexibility index (Phi) is 4.91. The number of amides is 1. The van der Waals surface area contributed by atoms with E-state index >= 15 is 0 Å². The summed E-state index contributed by atoms with van der Waals surface area (Å²) in [6.45, 7) is 3.56. The molecule has 2 aromatic rings. The van der Waals surface area contributed by atoms with E-state index in [1.54, 1.807) is 18.4 Å². The molecule has 6 heteroatoms. The van der Waals surface area contributed by atoms with Gasteiger partial charge in [-0.25, -0.2) is 0 Å².